The van der Waals surface area contributed by atoms with Crippen LogP contribution in [0.5, 0.6) is 5.75 Å². The third kappa shape index (κ3) is 5.72. The average molecular weight is 456 g/mol. The smallest absolute Gasteiger partial charge is 0.267 e. The minimum atomic E-state index is -0.792. The van der Waals surface area contributed by atoms with Gasteiger partial charge in [-0.3, -0.25) is 19.4 Å². The van der Waals surface area contributed by atoms with Crippen LogP contribution in [0.1, 0.15) is 34.8 Å². The van der Waals surface area contributed by atoms with E-state index < -0.39 is 22.8 Å². The van der Waals surface area contributed by atoms with Crippen LogP contribution >= 0.6 is 0 Å². The number of amides is 2. The standard InChI is InChI=1S/C23H25FN4O5/c1-14(30)25-7-8-26-22(32)19-21(31)20-18(28(23(19)33)9-2-10-29)12-16(13-27-20)11-15-3-5-17(24)6-4-15/h3-6,12-13,29,31H,2,7-11H2,1H3,(H,25,30)(H,26,32). The van der Waals surface area contributed by atoms with E-state index in [9.17, 15) is 29.0 Å². The molecule has 0 spiro atoms. The van der Waals surface area contributed by atoms with Gasteiger partial charge < -0.3 is 25.4 Å². The summed E-state index contributed by atoms with van der Waals surface area (Å²) in [5, 5.41) is 25.0. The largest absolute Gasteiger partial charge is 0.505 e. The maximum atomic E-state index is 13.2. The van der Waals surface area contributed by atoms with Crippen LogP contribution in [0.25, 0.3) is 11.0 Å². The predicted octanol–water partition coefficient (Wildman–Crippen LogP) is 1.08. The van der Waals surface area contributed by atoms with Gasteiger partial charge in [0.25, 0.3) is 11.5 Å². The SMILES string of the molecule is CC(=O)NCCNC(=O)c1c(O)c2ncc(Cc3ccc(F)cc3)cc2n(CCCO)c1=O. The van der Waals surface area contributed by atoms with Crippen molar-refractivity contribution in [1.29, 1.82) is 0 Å². The van der Waals surface area contributed by atoms with Gasteiger partial charge in [-0.2, -0.15) is 0 Å². The van der Waals surface area contributed by atoms with Crippen LogP contribution in [0.4, 0.5) is 4.39 Å². The lowest BCUT2D eigenvalue weighted by atomic mass is 10.1. The number of aliphatic hydroxyl groups excluding tert-OH is 1. The van der Waals surface area contributed by atoms with Crippen molar-refractivity contribution in [3.05, 3.63) is 69.4 Å². The van der Waals surface area contributed by atoms with Gasteiger partial charge in [-0.15, -0.1) is 0 Å². The first-order valence-electron chi connectivity index (χ1n) is 10.4. The Labute approximate surface area is 188 Å². The van der Waals surface area contributed by atoms with E-state index in [0.717, 1.165) is 11.1 Å². The molecule has 0 aliphatic heterocycles. The van der Waals surface area contributed by atoms with Gasteiger partial charge in [-0.25, -0.2) is 4.39 Å². The van der Waals surface area contributed by atoms with Gasteiger partial charge in [0.15, 0.2) is 5.75 Å². The Kier molecular flexibility index (Phi) is 7.73. The number of fused-ring (bicyclic) bond motifs is 1. The summed E-state index contributed by atoms with van der Waals surface area (Å²) in [4.78, 5) is 41.0. The molecule has 0 saturated carbocycles. The molecule has 9 nitrogen and oxygen atoms in total. The van der Waals surface area contributed by atoms with Gasteiger partial charge in [-0.1, -0.05) is 12.1 Å². The van der Waals surface area contributed by atoms with E-state index >= 15 is 0 Å². The van der Waals surface area contributed by atoms with E-state index in [1.807, 2.05) is 0 Å². The molecule has 0 saturated heterocycles. The van der Waals surface area contributed by atoms with Gasteiger partial charge in [0.1, 0.15) is 16.9 Å². The summed E-state index contributed by atoms with van der Waals surface area (Å²) in [5.41, 5.74) is 0.774. The first-order chi connectivity index (χ1) is 15.8. The second-order valence-corrected chi connectivity index (χ2v) is 7.51. The normalized spacial score (nSPS) is 10.9. The number of hydrogen-bond donors (Lipinski definition) is 4. The molecule has 2 heterocycles. The molecule has 0 unspecified atom stereocenters. The van der Waals surface area contributed by atoms with E-state index in [0.29, 0.717) is 11.9 Å². The molecular weight excluding hydrogens is 431 g/mol. The minimum absolute atomic E-state index is 0.0655. The number of carbonyl (C=O) groups is 2. The lowest BCUT2D eigenvalue weighted by molar-refractivity contribution is -0.118. The number of rotatable bonds is 9. The molecule has 0 atom stereocenters. The highest BCUT2D eigenvalue weighted by molar-refractivity contribution is 6.01. The van der Waals surface area contributed by atoms with Crippen LogP contribution in [-0.4, -0.2) is 51.3 Å². The minimum Gasteiger partial charge on any atom is -0.505 e. The predicted molar refractivity (Wildman–Crippen MR) is 120 cm³/mol. The van der Waals surface area contributed by atoms with Crippen molar-refractivity contribution in [3.63, 3.8) is 0 Å². The number of aryl methyl sites for hydroxylation is 1. The van der Waals surface area contributed by atoms with Gasteiger partial charge >= 0.3 is 0 Å². The van der Waals surface area contributed by atoms with Crippen LogP contribution in [0.15, 0.2) is 41.3 Å². The maximum absolute atomic E-state index is 13.2. The van der Waals surface area contributed by atoms with E-state index in [-0.39, 0.29) is 49.9 Å². The molecule has 0 bridgehead atoms. The number of aromatic nitrogens is 2. The molecule has 174 valence electrons. The number of carbonyl (C=O) groups excluding carboxylic acids is 2. The van der Waals surface area contributed by atoms with Crippen LogP contribution in [0, 0.1) is 5.82 Å². The second kappa shape index (κ2) is 10.7. The number of benzene rings is 1. The summed E-state index contributed by atoms with van der Waals surface area (Å²) < 4.78 is 14.5. The summed E-state index contributed by atoms with van der Waals surface area (Å²) in [7, 11) is 0. The molecule has 10 heteroatoms. The molecule has 3 rings (SSSR count). The van der Waals surface area contributed by atoms with Gasteiger partial charge in [0, 0.05) is 39.4 Å². The van der Waals surface area contributed by atoms with E-state index in [2.05, 4.69) is 15.6 Å². The third-order valence-electron chi connectivity index (χ3n) is 5.01. The van der Waals surface area contributed by atoms with Gasteiger partial charge in [0.05, 0.1) is 5.52 Å². The van der Waals surface area contributed by atoms with Crippen molar-refractivity contribution in [3.8, 4) is 5.75 Å². The van der Waals surface area contributed by atoms with Crippen molar-refractivity contribution >= 4 is 22.8 Å². The molecule has 0 aliphatic rings. The van der Waals surface area contributed by atoms with Crippen LogP contribution < -0.4 is 16.2 Å². The maximum Gasteiger partial charge on any atom is 0.267 e. The number of aromatic hydroxyl groups is 1. The molecule has 4 N–H and O–H groups in total. The van der Waals surface area contributed by atoms with Crippen molar-refractivity contribution in [2.24, 2.45) is 0 Å². The Bertz CT molecular complexity index is 1220. The fourth-order valence-electron chi connectivity index (χ4n) is 3.44. The Morgan fingerprint density at radius 1 is 1.12 bits per heavy atom. The zero-order chi connectivity index (χ0) is 24.0. The van der Waals surface area contributed by atoms with E-state index in [1.54, 1.807) is 18.2 Å². The van der Waals surface area contributed by atoms with Crippen LogP contribution in [0.2, 0.25) is 0 Å². The Hall–Kier alpha value is -3.79. The first kappa shape index (κ1) is 23.9. The summed E-state index contributed by atoms with van der Waals surface area (Å²) in [6, 6.07) is 7.67. The highest BCUT2D eigenvalue weighted by Gasteiger charge is 2.23. The van der Waals surface area contributed by atoms with Gasteiger partial charge in [-0.05, 0) is 42.2 Å². The Morgan fingerprint density at radius 2 is 1.82 bits per heavy atom. The molecule has 2 aromatic heterocycles. The van der Waals surface area contributed by atoms with Crippen LogP contribution in [-0.2, 0) is 17.8 Å². The average Bonchev–Trinajstić information content (AvgIpc) is 2.78. The lowest BCUT2D eigenvalue weighted by Crippen LogP contribution is -2.37. The van der Waals surface area contributed by atoms with Crippen molar-refractivity contribution in [1.82, 2.24) is 20.2 Å². The number of nitrogens with zero attached hydrogens (tertiary/aromatic N) is 2. The monoisotopic (exact) mass is 456 g/mol. The second-order valence-electron chi connectivity index (χ2n) is 7.51. The quantitative estimate of drug-likeness (QED) is 0.356. The first-order valence-corrected chi connectivity index (χ1v) is 10.4. The molecule has 0 radical (unpaired) electrons. The summed E-state index contributed by atoms with van der Waals surface area (Å²) >= 11 is 0. The molecule has 3 aromatic rings. The highest BCUT2D eigenvalue weighted by Crippen LogP contribution is 2.26. The fraction of sp³-hybridized carbons (Fsp3) is 0.304. The Morgan fingerprint density at radius 3 is 2.48 bits per heavy atom. The van der Waals surface area contributed by atoms with Crippen molar-refractivity contribution < 1.29 is 24.2 Å². The van der Waals surface area contributed by atoms with Crippen molar-refractivity contribution in [2.45, 2.75) is 26.3 Å². The van der Waals surface area contributed by atoms with E-state index in [4.69, 9.17) is 0 Å². The summed E-state index contributed by atoms with van der Waals surface area (Å²) in [6.45, 7) is 1.51. The molecule has 2 amide bonds. The molecular formula is C23H25FN4O5. The fourth-order valence-corrected chi connectivity index (χ4v) is 3.44. The third-order valence-corrected chi connectivity index (χ3v) is 5.01. The zero-order valence-corrected chi connectivity index (χ0v) is 18.1. The lowest BCUT2D eigenvalue weighted by Gasteiger charge is -2.15. The van der Waals surface area contributed by atoms with E-state index in [1.165, 1.54) is 29.8 Å². The Balaban J connectivity index is 2.00. The topological polar surface area (TPSA) is 134 Å². The number of nitrogens with one attached hydrogen (secondary N) is 2. The number of aliphatic hydroxyl groups is 1. The molecule has 33 heavy (non-hydrogen) atoms. The molecule has 0 fully saturated rings. The molecule has 1 aromatic carbocycles. The number of pyridine rings is 2. The number of hydrogen-bond acceptors (Lipinski definition) is 6. The highest BCUT2D eigenvalue weighted by atomic mass is 19.1. The van der Waals surface area contributed by atoms with Crippen LogP contribution in [0.3, 0.4) is 0 Å². The number of halogens is 1. The molecule has 0 aliphatic carbocycles. The van der Waals surface area contributed by atoms with Gasteiger partial charge in [0.2, 0.25) is 5.91 Å². The van der Waals surface area contributed by atoms with Crippen molar-refractivity contribution in [2.75, 3.05) is 19.7 Å². The summed E-state index contributed by atoms with van der Waals surface area (Å²) in [5.74, 6) is -1.94. The summed E-state index contributed by atoms with van der Waals surface area (Å²) in [6.07, 6.45) is 2.19. The zero-order valence-electron chi connectivity index (χ0n) is 18.1.